The summed E-state index contributed by atoms with van der Waals surface area (Å²) in [6.07, 6.45) is 0. The molecule has 0 aliphatic carbocycles. The number of hydrogen-bond donors (Lipinski definition) is 1. The lowest BCUT2D eigenvalue weighted by Gasteiger charge is -2.06. The monoisotopic (exact) mass is 225 g/mol. The predicted octanol–water partition coefficient (Wildman–Crippen LogP) is 2.84. The third-order valence-corrected chi connectivity index (χ3v) is 2.28. The first-order chi connectivity index (χ1) is 8.31. The van der Waals surface area contributed by atoms with Gasteiger partial charge in [-0.2, -0.15) is 5.26 Å². The Kier molecular flexibility index (Phi) is 3.39. The van der Waals surface area contributed by atoms with Crippen LogP contribution in [0, 0.1) is 11.3 Å². The van der Waals surface area contributed by atoms with Gasteiger partial charge in [0.2, 0.25) is 0 Å². The van der Waals surface area contributed by atoms with Gasteiger partial charge < -0.3 is 9.84 Å². The highest BCUT2D eigenvalue weighted by Gasteiger charge is 1.99. The normalized spacial score (nSPS) is 9.65. The van der Waals surface area contributed by atoms with Crippen LogP contribution < -0.4 is 4.74 Å². The Morgan fingerprint density at radius 2 is 1.76 bits per heavy atom. The summed E-state index contributed by atoms with van der Waals surface area (Å²) in [5, 5.41) is 17.8. The molecule has 1 N–H and O–H groups in total. The molecule has 0 aliphatic heterocycles. The summed E-state index contributed by atoms with van der Waals surface area (Å²) in [6.45, 7) is -0.0184. The standard InChI is InChI=1S/C14H11NO2/c15-9-11-3-1-5-13(7-11)17-14-6-2-4-12(8-14)10-16/h1-8,16H,10H2. The third-order valence-electron chi connectivity index (χ3n) is 2.28. The minimum atomic E-state index is -0.0184. The van der Waals surface area contributed by atoms with Crippen molar-refractivity contribution < 1.29 is 9.84 Å². The van der Waals surface area contributed by atoms with E-state index in [1.807, 2.05) is 12.1 Å². The average molecular weight is 225 g/mol. The number of nitrogens with zero attached hydrogens (tertiary/aromatic N) is 1. The molecule has 2 aromatic carbocycles. The van der Waals surface area contributed by atoms with E-state index < -0.39 is 0 Å². The molecular weight excluding hydrogens is 214 g/mol. The van der Waals surface area contributed by atoms with Gasteiger partial charge in [-0.1, -0.05) is 18.2 Å². The van der Waals surface area contributed by atoms with Crippen LogP contribution in [-0.4, -0.2) is 5.11 Å². The van der Waals surface area contributed by atoms with Gasteiger partial charge in [0.05, 0.1) is 18.2 Å². The summed E-state index contributed by atoms with van der Waals surface area (Å²) in [5.74, 6) is 1.26. The molecule has 0 amide bonds. The summed E-state index contributed by atoms with van der Waals surface area (Å²) >= 11 is 0. The van der Waals surface area contributed by atoms with Gasteiger partial charge in [0.25, 0.3) is 0 Å². The first-order valence-corrected chi connectivity index (χ1v) is 5.19. The van der Waals surface area contributed by atoms with Crippen molar-refractivity contribution in [3.63, 3.8) is 0 Å². The van der Waals surface area contributed by atoms with Crippen LogP contribution in [0.4, 0.5) is 0 Å². The van der Waals surface area contributed by atoms with Crippen LogP contribution in [0.15, 0.2) is 48.5 Å². The Hall–Kier alpha value is -2.31. The highest BCUT2D eigenvalue weighted by atomic mass is 16.5. The van der Waals surface area contributed by atoms with Crippen molar-refractivity contribution in [3.05, 3.63) is 59.7 Å². The maximum Gasteiger partial charge on any atom is 0.128 e. The zero-order valence-electron chi connectivity index (χ0n) is 9.13. The van der Waals surface area contributed by atoms with Crippen LogP contribution in [0.1, 0.15) is 11.1 Å². The SMILES string of the molecule is N#Cc1cccc(Oc2cccc(CO)c2)c1. The second-order valence-corrected chi connectivity index (χ2v) is 3.55. The highest BCUT2D eigenvalue weighted by molar-refractivity contribution is 5.39. The van der Waals surface area contributed by atoms with Gasteiger partial charge in [-0.25, -0.2) is 0 Å². The van der Waals surface area contributed by atoms with Crippen molar-refractivity contribution in [1.29, 1.82) is 5.26 Å². The van der Waals surface area contributed by atoms with E-state index in [-0.39, 0.29) is 6.61 Å². The minimum absolute atomic E-state index is 0.0184. The summed E-state index contributed by atoms with van der Waals surface area (Å²) in [5.41, 5.74) is 1.35. The topological polar surface area (TPSA) is 53.2 Å². The van der Waals surface area contributed by atoms with Gasteiger partial charge in [0.1, 0.15) is 11.5 Å². The molecule has 0 heterocycles. The van der Waals surface area contributed by atoms with Crippen molar-refractivity contribution in [2.24, 2.45) is 0 Å². The molecule has 2 aromatic rings. The lowest BCUT2D eigenvalue weighted by atomic mass is 10.2. The molecular formula is C14H11NO2. The highest BCUT2D eigenvalue weighted by Crippen LogP contribution is 2.22. The van der Waals surface area contributed by atoms with E-state index in [0.29, 0.717) is 17.1 Å². The molecule has 0 spiro atoms. The number of nitriles is 1. The lowest BCUT2D eigenvalue weighted by Crippen LogP contribution is -1.87. The Balaban J connectivity index is 2.22. The van der Waals surface area contributed by atoms with Crippen molar-refractivity contribution in [3.8, 4) is 17.6 Å². The molecule has 0 saturated heterocycles. The fourth-order valence-corrected chi connectivity index (χ4v) is 1.47. The van der Waals surface area contributed by atoms with Crippen LogP contribution >= 0.6 is 0 Å². The molecule has 2 rings (SSSR count). The summed E-state index contributed by atoms with van der Waals surface area (Å²) < 4.78 is 5.60. The van der Waals surface area contributed by atoms with E-state index in [2.05, 4.69) is 6.07 Å². The van der Waals surface area contributed by atoms with Gasteiger partial charge in [-0.05, 0) is 35.9 Å². The molecule has 0 aromatic heterocycles. The Morgan fingerprint density at radius 3 is 2.47 bits per heavy atom. The Labute approximate surface area is 99.5 Å². The fourth-order valence-electron chi connectivity index (χ4n) is 1.47. The number of ether oxygens (including phenoxy) is 1. The molecule has 3 heteroatoms. The number of aliphatic hydroxyl groups is 1. The zero-order valence-corrected chi connectivity index (χ0v) is 9.13. The first-order valence-electron chi connectivity index (χ1n) is 5.19. The molecule has 0 bridgehead atoms. The third kappa shape index (κ3) is 2.83. The molecule has 0 radical (unpaired) electrons. The van der Waals surface area contributed by atoms with E-state index in [0.717, 1.165) is 5.56 Å². The first kappa shape index (κ1) is 11.2. The van der Waals surface area contributed by atoms with Gasteiger partial charge in [0.15, 0.2) is 0 Å². The molecule has 0 atom stereocenters. The number of hydrogen-bond acceptors (Lipinski definition) is 3. The van der Waals surface area contributed by atoms with E-state index in [1.54, 1.807) is 36.4 Å². The van der Waals surface area contributed by atoms with Gasteiger partial charge in [0, 0.05) is 0 Å². The fraction of sp³-hybridized carbons (Fsp3) is 0.0714. The van der Waals surface area contributed by atoms with Gasteiger partial charge in [-0.15, -0.1) is 0 Å². The van der Waals surface area contributed by atoms with Crippen molar-refractivity contribution in [2.45, 2.75) is 6.61 Å². The van der Waals surface area contributed by atoms with Crippen LogP contribution in [0.25, 0.3) is 0 Å². The van der Waals surface area contributed by atoms with Gasteiger partial charge in [-0.3, -0.25) is 0 Å². The summed E-state index contributed by atoms with van der Waals surface area (Å²) in [6, 6.07) is 16.2. The largest absolute Gasteiger partial charge is 0.457 e. The van der Waals surface area contributed by atoms with E-state index in [9.17, 15) is 0 Å². The number of benzene rings is 2. The molecule has 0 saturated carbocycles. The van der Waals surface area contributed by atoms with Crippen molar-refractivity contribution in [1.82, 2.24) is 0 Å². The van der Waals surface area contributed by atoms with Crippen LogP contribution in [0.5, 0.6) is 11.5 Å². The molecule has 84 valence electrons. The second-order valence-electron chi connectivity index (χ2n) is 3.55. The van der Waals surface area contributed by atoms with Crippen LogP contribution in [-0.2, 0) is 6.61 Å². The van der Waals surface area contributed by atoms with Gasteiger partial charge >= 0.3 is 0 Å². The number of rotatable bonds is 3. The molecule has 3 nitrogen and oxygen atoms in total. The molecule has 17 heavy (non-hydrogen) atoms. The average Bonchev–Trinajstić information content (AvgIpc) is 2.39. The molecule has 0 unspecified atom stereocenters. The van der Waals surface area contributed by atoms with E-state index in [4.69, 9.17) is 15.1 Å². The Bertz CT molecular complexity index is 558. The minimum Gasteiger partial charge on any atom is -0.457 e. The smallest absolute Gasteiger partial charge is 0.128 e. The lowest BCUT2D eigenvalue weighted by molar-refractivity contribution is 0.281. The predicted molar refractivity (Wildman–Crippen MR) is 63.6 cm³/mol. The van der Waals surface area contributed by atoms with E-state index >= 15 is 0 Å². The maximum atomic E-state index is 9.01. The zero-order chi connectivity index (χ0) is 12.1. The molecule has 0 fully saturated rings. The van der Waals surface area contributed by atoms with Crippen LogP contribution in [0.3, 0.4) is 0 Å². The summed E-state index contributed by atoms with van der Waals surface area (Å²) in [7, 11) is 0. The second kappa shape index (κ2) is 5.15. The quantitative estimate of drug-likeness (QED) is 0.873. The van der Waals surface area contributed by atoms with Crippen molar-refractivity contribution in [2.75, 3.05) is 0 Å². The molecule has 0 aliphatic rings. The van der Waals surface area contributed by atoms with Crippen LogP contribution in [0.2, 0.25) is 0 Å². The van der Waals surface area contributed by atoms with E-state index in [1.165, 1.54) is 0 Å². The Morgan fingerprint density at radius 1 is 1.06 bits per heavy atom. The maximum absolute atomic E-state index is 9.01. The number of aliphatic hydroxyl groups excluding tert-OH is 1. The van der Waals surface area contributed by atoms with Crippen molar-refractivity contribution >= 4 is 0 Å². The summed E-state index contributed by atoms with van der Waals surface area (Å²) in [4.78, 5) is 0.